The first kappa shape index (κ1) is 87.7. The molecule has 0 radical (unpaired) electrons. The maximum atomic E-state index is 10.1. The minimum absolute atomic E-state index is 0.633. The van der Waals surface area contributed by atoms with Crippen molar-refractivity contribution in [2.45, 2.75) is 398 Å². The second-order valence-corrected chi connectivity index (χ2v) is 26.0. The molecule has 0 saturated carbocycles. The Morgan fingerprint density at radius 2 is 0.523 bits per heavy atom. The van der Waals surface area contributed by atoms with Gasteiger partial charge in [0.25, 0.3) is 0 Å². The van der Waals surface area contributed by atoms with Crippen LogP contribution >= 0.6 is 0 Å². The number of carboxylic acid groups (broad SMARTS) is 2. The highest BCUT2D eigenvalue weighted by molar-refractivity contribution is 5.73. The summed E-state index contributed by atoms with van der Waals surface area (Å²) < 4.78 is 0. The van der Waals surface area contributed by atoms with E-state index in [-0.39, 0.29) is 0 Å². The van der Waals surface area contributed by atoms with Crippen molar-refractivity contribution in [2.24, 2.45) is 0 Å². The molecule has 16 heteroatoms. The topological polar surface area (TPSA) is 283 Å². The molecule has 0 aromatic heterocycles. The van der Waals surface area contributed by atoms with E-state index < -0.39 is 74.0 Å². The smallest absolute Gasteiger partial charge is 0.335 e. The Labute approximate surface area is 537 Å². The number of unbranched alkanes of at least 4 members (excludes halogenated alkanes) is 32. The van der Waals surface area contributed by atoms with E-state index in [2.05, 4.69) is 89.5 Å². The van der Waals surface area contributed by atoms with Gasteiger partial charge in [0.15, 0.2) is 12.2 Å². The van der Waals surface area contributed by atoms with Gasteiger partial charge < -0.3 is 61.3 Å². The third kappa shape index (κ3) is 45.1. The molecule has 4 unspecified atom stereocenters. The van der Waals surface area contributed by atoms with Gasteiger partial charge in [-0.1, -0.05) is 283 Å². The molecular weight excluding hydrogens is 1120 g/mol. The summed E-state index contributed by atoms with van der Waals surface area (Å²) >= 11 is 0. The van der Waals surface area contributed by atoms with Gasteiger partial charge >= 0.3 is 11.9 Å². The highest BCUT2D eigenvalue weighted by Crippen LogP contribution is 2.27. The van der Waals surface area contributed by atoms with Crippen LogP contribution in [-0.2, 0) is 22.7 Å². The molecule has 0 spiro atoms. The number of hydrogen-bond donors (Lipinski definition) is 12. The van der Waals surface area contributed by atoms with Crippen molar-refractivity contribution in [1.29, 1.82) is 0 Å². The predicted octanol–water partition coefficient (Wildman–Crippen LogP) is 13.5. The molecule has 1 aromatic carbocycles. The molecule has 0 aliphatic rings. The van der Waals surface area contributed by atoms with Crippen LogP contribution in [0.4, 0.5) is 0 Å². The van der Waals surface area contributed by atoms with E-state index in [4.69, 9.17) is 61.3 Å². The molecular formula is C72H140N2O14. The first-order chi connectivity index (χ1) is 42.2. The van der Waals surface area contributed by atoms with Gasteiger partial charge in [-0.3, -0.25) is 9.80 Å². The second kappa shape index (κ2) is 59.7. The lowest BCUT2D eigenvalue weighted by Gasteiger charge is -2.38. The van der Waals surface area contributed by atoms with Gasteiger partial charge in [0.05, 0.1) is 13.2 Å². The number of nitrogens with zero attached hydrogens (tertiary/aromatic N) is 2. The predicted molar refractivity (Wildman–Crippen MR) is 360 cm³/mol. The van der Waals surface area contributed by atoms with E-state index in [0.717, 1.165) is 13.1 Å². The molecule has 1 aromatic rings. The minimum atomic E-state index is -2.20. The molecule has 522 valence electrons. The molecule has 0 bridgehead atoms. The van der Waals surface area contributed by atoms with Gasteiger partial charge in [0.1, 0.15) is 36.6 Å². The number of carboxylic acids is 2. The lowest BCUT2D eigenvalue weighted by atomic mass is 9.97. The summed E-state index contributed by atoms with van der Waals surface area (Å²) in [5.74, 6) is -3.45. The molecule has 0 fully saturated rings. The summed E-state index contributed by atoms with van der Waals surface area (Å²) in [4.78, 5) is 26.1. The Morgan fingerprint density at radius 1 is 0.330 bits per heavy atom. The first-order valence-corrected chi connectivity index (χ1v) is 35.9. The fourth-order valence-corrected chi connectivity index (χ4v) is 11.8. The molecule has 0 heterocycles. The summed E-state index contributed by atoms with van der Waals surface area (Å²) in [5, 5.41) is 104. The Bertz CT molecular complexity index is 1520. The van der Waals surface area contributed by atoms with Crippen LogP contribution in [0, 0.1) is 0 Å². The van der Waals surface area contributed by atoms with Gasteiger partial charge in [0, 0.05) is 37.3 Å². The van der Waals surface area contributed by atoms with Crippen LogP contribution in [-0.4, -0.2) is 169 Å². The molecule has 88 heavy (non-hydrogen) atoms. The number of carbonyl (C=O) groups is 2. The number of rotatable bonds is 58. The molecule has 12 N–H and O–H groups in total. The highest BCUT2D eigenvalue weighted by atomic mass is 16.4. The average Bonchev–Trinajstić information content (AvgIpc) is 3.58. The molecule has 12 atom stereocenters. The van der Waals surface area contributed by atoms with Gasteiger partial charge in [-0.05, 0) is 64.5 Å². The second-order valence-electron chi connectivity index (χ2n) is 26.0. The van der Waals surface area contributed by atoms with Crippen molar-refractivity contribution in [3.05, 3.63) is 35.4 Å². The van der Waals surface area contributed by atoms with Crippen molar-refractivity contribution in [1.82, 2.24) is 9.80 Å². The van der Waals surface area contributed by atoms with Crippen LogP contribution in [0.15, 0.2) is 24.3 Å². The van der Waals surface area contributed by atoms with Gasteiger partial charge in [-0.15, -0.1) is 0 Å². The molecule has 0 amide bonds. The monoisotopic (exact) mass is 1260 g/mol. The quantitative estimate of drug-likeness (QED) is 0.0270. The largest absolute Gasteiger partial charge is 0.479 e. The summed E-state index contributed by atoms with van der Waals surface area (Å²) in [6, 6.07) is 12.2. The Kier molecular flexibility index (Phi) is 59.5. The summed E-state index contributed by atoms with van der Waals surface area (Å²) in [6.45, 7) is 20.2. The van der Waals surface area contributed by atoms with Gasteiger partial charge in [-0.25, -0.2) is 9.59 Å². The zero-order valence-electron chi connectivity index (χ0n) is 57.4. The maximum Gasteiger partial charge on any atom is 0.335 e. The van der Waals surface area contributed by atoms with Crippen LogP contribution in [0.5, 0.6) is 0 Å². The average molecular weight is 1260 g/mol. The first-order valence-electron chi connectivity index (χ1n) is 35.9. The Hall–Kier alpha value is -2.32. The van der Waals surface area contributed by atoms with Crippen molar-refractivity contribution >= 4 is 11.9 Å². The van der Waals surface area contributed by atoms with Crippen LogP contribution in [0.3, 0.4) is 0 Å². The van der Waals surface area contributed by atoms with Crippen LogP contribution in [0.1, 0.15) is 323 Å². The number of benzene rings is 1. The van der Waals surface area contributed by atoms with Crippen molar-refractivity contribution < 1.29 is 70.9 Å². The molecule has 1 rings (SSSR count). The van der Waals surface area contributed by atoms with E-state index in [1.807, 2.05) is 0 Å². The fourth-order valence-electron chi connectivity index (χ4n) is 11.8. The van der Waals surface area contributed by atoms with E-state index in [9.17, 15) is 9.59 Å². The summed E-state index contributed by atoms with van der Waals surface area (Å²) in [7, 11) is 0. The molecule has 0 saturated heterocycles. The van der Waals surface area contributed by atoms with Crippen molar-refractivity contribution in [3.63, 3.8) is 0 Å². The number of hydrogen-bond acceptors (Lipinski definition) is 14. The lowest BCUT2D eigenvalue weighted by molar-refractivity contribution is -0.164. The zero-order chi connectivity index (χ0) is 66.3. The summed E-state index contributed by atoms with van der Waals surface area (Å²) in [5.41, 5.74) is 3.20. The minimum Gasteiger partial charge on any atom is -0.479 e. The van der Waals surface area contributed by atoms with E-state index in [1.54, 1.807) is 11.1 Å². The van der Waals surface area contributed by atoms with Crippen LogP contribution in [0.25, 0.3) is 0 Å². The van der Waals surface area contributed by atoms with Crippen molar-refractivity contribution in [2.75, 3.05) is 13.2 Å². The Morgan fingerprint density at radius 3 is 0.705 bits per heavy atom. The van der Waals surface area contributed by atoms with Crippen LogP contribution in [0.2, 0.25) is 0 Å². The zero-order valence-corrected chi connectivity index (χ0v) is 57.4. The lowest BCUT2D eigenvalue weighted by Crippen LogP contribution is -2.48. The number of aliphatic hydroxyl groups excluding tert-OH is 10. The third-order valence-electron chi connectivity index (χ3n) is 18.0. The normalized spacial score (nSPS) is 15.9. The SMILES string of the molecule is CCCCCCCCCCCC(C)N(Cc1ccccc1CN(C(C)CCCCCCCCCCC)C(C)CCCCCCCCCCC)C(C)CCCCCCCCCCC.O=C(O)[C@H](O)[C@@H](O)[C@H](O)[C@H](O)CO.O=C(O)[C@H](O)[C@@H](O)[C@H](O)[C@H](O)CO. The van der Waals surface area contributed by atoms with E-state index >= 15 is 0 Å². The van der Waals surface area contributed by atoms with Gasteiger partial charge in [-0.2, -0.15) is 0 Å². The number of aliphatic carboxylic acids is 2. The molecule has 0 aliphatic carbocycles. The van der Waals surface area contributed by atoms with Gasteiger partial charge in [0.2, 0.25) is 0 Å². The van der Waals surface area contributed by atoms with Crippen LogP contribution < -0.4 is 0 Å². The van der Waals surface area contributed by atoms with E-state index in [0.29, 0.717) is 24.2 Å². The maximum absolute atomic E-state index is 10.1. The van der Waals surface area contributed by atoms with Crippen molar-refractivity contribution in [3.8, 4) is 0 Å². The third-order valence-corrected chi connectivity index (χ3v) is 18.0. The fraction of sp³-hybridized carbons (Fsp3) is 0.889. The number of aliphatic hydroxyl groups is 10. The van der Waals surface area contributed by atoms with E-state index in [1.165, 1.54) is 257 Å². The highest BCUT2D eigenvalue weighted by Gasteiger charge is 2.35. The Balaban J connectivity index is 0. The molecule has 16 nitrogen and oxygen atoms in total. The summed E-state index contributed by atoms with van der Waals surface area (Å²) in [6.07, 6.45) is 40.8. The molecule has 0 aliphatic heterocycles. The standard InChI is InChI=1S/C60H116N2.2C6H12O7/c1-9-13-17-21-25-29-33-37-41-47-55(5)61(56(6)48-42-38-34-30-26-22-18-14-10-2)53-59-51-45-46-52-60(59)54-62(57(7)49-43-39-35-31-27-23-19-15-11-3)58(8)50-44-40-36-32-28-24-20-16-12-4;2*7-1-2(8)3(9)4(10)5(11)6(12)13/h45-46,51-52,55-58H,9-44,47-50,53-54H2,1-8H3;2*2-5,7-11H,1H2,(H,12,13)/t;2*2-,3-,4+,5-/m.11/s1.